The minimum atomic E-state index is -0.654. The van der Waals surface area contributed by atoms with Gasteiger partial charge >= 0.3 is 0 Å². The van der Waals surface area contributed by atoms with E-state index in [1.165, 1.54) is 47.7 Å². The lowest BCUT2D eigenvalue weighted by Gasteiger charge is -2.23. The second-order valence-corrected chi connectivity index (χ2v) is 8.46. The molecule has 35 heavy (non-hydrogen) atoms. The first kappa shape index (κ1) is 21.1. The average molecular weight is 474 g/mol. The second kappa shape index (κ2) is 8.42. The molecule has 0 radical (unpaired) electrons. The predicted octanol–water partition coefficient (Wildman–Crippen LogP) is 2.31. The molecular weight excluding hydrogens is 454 g/mol. The van der Waals surface area contributed by atoms with Crippen LogP contribution in [0.5, 0.6) is 0 Å². The summed E-state index contributed by atoms with van der Waals surface area (Å²) in [6.07, 6.45) is 9.88. The molecule has 1 fully saturated rings. The minimum absolute atomic E-state index is 0.121. The molecule has 11 heteroatoms. The maximum Gasteiger partial charge on any atom is 0.283 e. The van der Waals surface area contributed by atoms with Gasteiger partial charge < -0.3 is 10.3 Å². The Balaban J connectivity index is 1.54. The van der Waals surface area contributed by atoms with Gasteiger partial charge in [0, 0.05) is 0 Å². The van der Waals surface area contributed by atoms with Crippen LogP contribution in [-0.2, 0) is 0 Å². The molecular formula is C24H20F2N8O. The van der Waals surface area contributed by atoms with Crippen molar-refractivity contribution in [2.45, 2.75) is 25.3 Å². The van der Waals surface area contributed by atoms with E-state index >= 15 is 0 Å². The Morgan fingerprint density at radius 3 is 2.74 bits per heavy atom. The Hall–Kier alpha value is -4.41. The van der Waals surface area contributed by atoms with Gasteiger partial charge in [-0.15, -0.1) is 0 Å². The van der Waals surface area contributed by atoms with Crippen LogP contribution in [0, 0.1) is 11.7 Å². The summed E-state index contributed by atoms with van der Waals surface area (Å²) in [6.45, 7) is 0. The summed E-state index contributed by atoms with van der Waals surface area (Å²) in [6, 6.07) is 5.14. The molecule has 2 aliphatic carbocycles. The molecule has 2 aliphatic rings. The predicted molar refractivity (Wildman–Crippen MR) is 127 cm³/mol. The number of H-pyrrole nitrogens is 1. The molecule has 3 aromatic heterocycles. The van der Waals surface area contributed by atoms with Gasteiger partial charge in [0.05, 0.1) is 23.4 Å². The summed E-state index contributed by atoms with van der Waals surface area (Å²) in [5.74, 6) is 0.000467. The fourth-order valence-electron chi connectivity index (χ4n) is 4.18. The van der Waals surface area contributed by atoms with E-state index in [9.17, 15) is 13.6 Å². The van der Waals surface area contributed by atoms with Crippen molar-refractivity contribution in [1.82, 2.24) is 29.6 Å². The highest BCUT2D eigenvalue weighted by Crippen LogP contribution is 2.42. The summed E-state index contributed by atoms with van der Waals surface area (Å²) >= 11 is 0. The summed E-state index contributed by atoms with van der Waals surface area (Å²) in [5.41, 5.74) is 4.01. The smallest absolute Gasteiger partial charge is 0.283 e. The van der Waals surface area contributed by atoms with E-state index in [1.54, 1.807) is 12.2 Å². The van der Waals surface area contributed by atoms with Gasteiger partial charge in [0.15, 0.2) is 17.3 Å². The van der Waals surface area contributed by atoms with Crippen molar-refractivity contribution in [3.8, 4) is 0 Å². The number of nitrogens with zero attached hydrogens (tertiary/aromatic N) is 5. The van der Waals surface area contributed by atoms with Crippen molar-refractivity contribution in [3.63, 3.8) is 0 Å². The number of fused-ring (bicyclic) bond motifs is 2. The first-order chi connectivity index (χ1) is 17.1. The molecule has 0 spiro atoms. The largest absolute Gasteiger partial charge is 0.358 e. The Kier molecular flexibility index (Phi) is 5.09. The third-order valence-electron chi connectivity index (χ3n) is 6.06. The fourth-order valence-corrected chi connectivity index (χ4v) is 4.18. The molecule has 1 unspecified atom stereocenters. The number of hydrogen-bond acceptors (Lipinski definition) is 7. The van der Waals surface area contributed by atoms with Crippen LogP contribution in [0.3, 0.4) is 0 Å². The van der Waals surface area contributed by atoms with Gasteiger partial charge in [-0.05, 0) is 55.5 Å². The van der Waals surface area contributed by atoms with Crippen molar-refractivity contribution >= 4 is 34.6 Å². The fraction of sp³-hybridized carbons (Fsp3) is 0.208. The number of halogens is 2. The van der Waals surface area contributed by atoms with Crippen LogP contribution in [0.2, 0.25) is 0 Å². The van der Waals surface area contributed by atoms with Gasteiger partial charge in [0.25, 0.3) is 5.56 Å². The third-order valence-corrected chi connectivity index (χ3v) is 6.06. The van der Waals surface area contributed by atoms with E-state index in [-0.39, 0.29) is 16.5 Å². The first-order valence-corrected chi connectivity index (χ1v) is 11.2. The monoisotopic (exact) mass is 474 g/mol. The number of benzene rings is 1. The molecule has 0 saturated heterocycles. The number of nitrogens with one attached hydrogen (secondary N) is 3. The van der Waals surface area contributed by atoms with Gasteiger partial charge in [-0.1, -0.05) is 12.2 Å². The Labute approximate surface area is 197 Å². The van der Waals surface area contributed by atoms with Gasteiger partial charge in [-0.2, -0.15) is 0 Å². The average Bonchev–Trinajstić information content (AvgIpc) is 3.61. The van der Waals surface area contributed by atoms with Crippen LogP contribution >= 0.6 is 0 Å². The molecule has 1 atom stereocenters. The van der Waals surface area contributed by atoms with Gasteiger partial charge in [0.1, 0.15) is 28.7 Å². The summed E-state index contributed by atoms with van der Waals surface area (Å²) in [4.78, 5) is 34.1. The van der Waals surface area contributed by atoms with E-state index in [0.717, 1.165) is 12.8 Å². The first-order valence-electron chi connectivity index (χ1n) is 11.2. The summed E-state index contributed by atoms with van der Waals surface area (Å²) in [5, 5.41) is 3.57. The standard InChI is InChI=1S/C24H20F2N8O/c25-14-7-9-15(10-8-14)33-34-23(31-17-4-2-1-3-16(26)18(17)24(34)35)19(13-5-6-13)32-22-20-21(28-11-27-20)29-12-30-22/h1,3-4,7-13,19,33H,2,5-6H2,(H2,27,28,29,30,32). The molecule has 176 valence electrons. The van der Waals surface area contributed by atoms with Gasteiger partial charge in [-0.25, -0.2) is 33.4 Å². The van der Waals surface area contributed by atoms with Crippen molar-refractivity contribution in [3.05, 3.63) is 81.6 Å². The number of aromatic amines is 1. The maximum atomic E-state index is 14.9. The van der Waals surface area contributed by atoms with Crippen molar-refractivity contribution in [2.24, 2.45) is 5.92 Å². The Morgan fingerprint density at radius 2 is 1.94 bits per heavy atom. The number of allylic oxidation sites excluding steroid dienone is 2. The lowest BCUT2D eigenvalue weighted by atomic mass is 10.1. The van der Waals surface area contributed by atoms with E-state index in [0.29, 0.717) is 34.9 Å². The SMILES string of the molecule is O=c1c2c(nc(C(Nc3ncnc4nc[nH]c34)C3CC3)n1Nc1ccc(F)cc1)=CCC=CC=2F. The molecule has 9 nitrogen and oxygen atoms in total. The van der Waals surface area contributed by atoms with Crippen molar-refractivity contribution in [2.75, 3.05) is 10.7 Å². The van der Waals surface area contributed by atoms with Gasteiger partial charge in [0.2, 0.25) is 0 Å². The molecule has 3 heterocycles. The zero-order chi connectivity index (χ0) is 23.9. The molecule has 0 aliphatic heterocycles. The molecule has 0 bridgehead atoms. The number of aromatic nitrogens is 6. The molecule has 3 N–H and O–H groups in total. The molecule has 4 aromatic rings. The van der Waals surface area contributed by atoms with E-state index in [2.05, 4.69) is 30.7 Å². The maximum absolute atomic E-state index is 14.9. The van der Waals surface area contributed by atoms with Crippen LogP contribution in [0.4, 0.5) is 20.3 Å². The molecule has 1 aromatic carbocycles. The summed E-state index contributed by atoms with van der Waals surface area (Å²) < 4.78 is 29.6. The lowest BCUT2D eigenvalue weighted by molar-refractivity contribution is 0.583. The molecule has 6 rings (SSSR count). The Morgan fingerprint density at radius 1 is 1.11 bits per heavy atom. The van der Waals surface area contributed by atoms with E-state index in [4.69, 9.17) is 4.98 Å². The van der Waals surface area contributed by atoms with Crippen molar-refractivity contribution in [1.29, 1.82) is 0 Å². The van der Waals surface area contributed by atoms with E-state index in [1.807, 2.05) is 0 Å². The third kappa shape index (κ3) is 3.94. The number of hydrogen-bond donors (Lipinski definition) is 3. The van der Waals surface area contributed by atoms with E-state index < -0.39 is 23.2 Å². The minimum Gasteiger partial charge on any atom is -0.358 e. The van der Waals surface area contributed by atoms with Crippen LogP contribution < -0.4 is 26.9 Å². The molecule has 1 saturated carbocycles. The highest BCUT2D eigenvalue weighted by molar-refractivity contribution is 5.82. The van der Waals surface area contributed by atoms with Crippen LogP contribution in [-0.4, -0.2) is 29.6 Å². The van der Waals surface area contributed by atoms with Crippen LogP contribution in [0.1, 0.15) is 31.1 Å². The second-order valence-electron chi connectivity index (χ2n) is 8.46. The number of rotatable bonds is 6. The normalized spacial score (nSPS) is 15.9. The van der Waals surface area contributed by atoms with Gasteiger partial charge in [-0.3, -0.25) is 10.2 Å². The van der Waals surface area contributed by atoms with Crippen molar-refractivity contribution < 1.29 is 8.78 Å². The van der Waals surface area contributed by atoms with Crippen LogP contribution in [0.15, 0.2) is 53.9 Å². The number of anilines is 2. The highest BCUT2D eigenvalue weighted by atomic mass is 19.1. The zero-order valence-electron chi connectivity index (χ0n) is 18.4. The zero-order valence-corrected chi connectivity index (χ0v) is 18.4. The highest BCUT2D eigenvalue weighted by Gasteiger charge is 2.36. The van der Waals surface area contributed by atoms with Crippen LogP contribution in [0.25, 0.3) is 23.1 Å². The topological polar surface area (TPSA) is 113 Å². The summed E-state index contributed by atoms with van der Waals surface area (Å²) in [7, 11) is 0. The lowest BCUT2D eigenvalue weighted by Crippen LogP contribution is -2.52. The quantitative estimate of drug-likeness (QED) is 0.393. The Bertz CT molecular complexity index is 1640. The molecule has 0 amide bonds. The number of imidazole rings is 1.